The lowest BCUT2D eigenvalue weighted by molar-refractivity contribution is 0.106. The van der Waals surface area contributed by atoms with Gasteiger partial charge in [-0.05, 0) is 29.8 Å². The van der Waals surface area contributed by atoms with Crippen LogP contribution in [0.1, 0.15) is 5.56 Å². The average molecular weight is 293 g/mol. The molecular weight excluding hydrogens is 276 g/mol. The van der Waals surface area contributed by atoms with Crippen molar-refractivity contribution in [2.24, 2.45) is 0 Å². The topological polar surface area (TPSA) is 3.24 Å². The molecule has 0 aliphatic heterocycles. The second-order valence-electron chi connectivity index (χ2n) is 4.79. The second-order valence-corrected chi connectivity index (χ2v) is 6.06. The lowest BCUT2D eigenvalue weighted by atomic mass is 10.1. The summed E-state index contributed by atoms with van der Waals surface area (Å²) in [4.78, 5) is 2.53. The molecule has 0 saturated carbocycles. The fourth-order valence-corrected chi connectivity index (χ4v) is 2.72. The Morgan fingerprint density at radius 2 is 1.55 bits per heavy atom. The number of halogens is 2. The quantitative estimate of drug-likeness (QED) is 0.736. The van der Waals surface area contributed by atoms with Crippen LogP contribution in [0, 0.1) is 0 Å². The van der Waals surface area contributed by atoms with E-state index in [1.807, 2.05) is 37.2 Å². The van der Waals surface area contributed by atoms with Crippen LogP contribution in [0.25, 0.3) is 0 Å². The fraction of sp³-hybridized carbons (Fsp3) is 0.250. The van der Waals surface area contributed by atoms with Gasteiger partial charge in [0.1, 0.15) is 0 Å². The molecule has 0 heterocycles. The Kier molecular flexibility index (Phi) is 4.65. The smallest absolute Gasteiger partial charge is 0.302 e. The lowest BCUT2D eigenvalue weighted by Crippen LogP contribution is -2.14. The third-order valence-electron chi connectivity index (χ3n) is 2.87. The number of rotatable bonds is 5. The van der Waals surface area contributed by atoms with Gasteiger partial charge in [-0.3, -0.25) is 0 Å². The van der Waals surface area contributed by atoms with Crippen molar-refractivity contribution >= 4 is 17.4 Å². The van der Waals surface area contributed by atoms with Crippen LogP contribution in [0.5, 0.6) is 0 Å². The molecule has 0 fully saturated rings. The minimum Gasteiger partial charge on any atom is -0.378 e. The molecule has 0 N–H and O–H groups in total. The summed E-state index contributed by atoms with van der Waals surface area (Å²) >= 11 is 0.607. The molecule has 0 aliphatic carbocycles. The first kappa shape index (κ1) is 14.9. The number of hydrogen-bond donors (Lipinski definition) is 0. The SMILES string of the molecule is CN(C)c1ccc(CC(F)(F)Sc2ccccc2)cc1. The summed E-state index contributed by atoms with van der Waals surface area (Å²) < 4.78 is 28.0. The molecule has 2 aromatic rings. The Hall–Kier alpha value is -1.55. The van der Waals surface area contributed by atoms with Gasteiger partial charge >= 0.3 is 5.25 Å². The van der Waals surface area contributed by atoms with E-state index in [-0.39, 0.29) is 6.42 Å². The van der Waals surface area contributed by atoms with Crippen molar-refractivity contribution in [1.29, 1.82) is 0 Å². The third-order valence-corrected chi connectivity index (χ3v) is 3.82. The zero-order chi connectivity index (χ0) is 14.6. The minimum atomic E-state index is -2.80. The van der Waals surface area contributed by atoms with Crippen LogP contribution < -0.4 is 4.90 Å². The molecule has 0 radical (unpaired) electrons. The highest BCUT2D eigenvalue weighted by molar-refractivity contribution is 8.00. The molecule has 2 aromatic carbocycles. The van der Waals surface area contributed by atoms with E-state index in [0.29, 0.717) is 22.2 Å². The molecule has 0 bridgehead atoms. The van der Waals surface area contributed by atoms with Gasteiger partial charge in [-0.25, -0.2) is 0 Å². The van der Waals surface area contributed by atoms with Crippen LogP contribution in [0.2, 0.25) is 0 Å². The molecule has 0 amide bonds. The minimum absolute atomic E-state index is 0.264. The van der Waals surface area contributed by atoms with Crippen LogP contribution in [-0.4, -0.2) is 19.3 Å². The van der Waals surface area contributed by atoms with Crippen LogP contribution in [0.15, 0.2) is 59.5 Å². The second kappa shape index (κ2) is 6.27. The summed E-state index contributed by atoms with van der Waals surface area (Å²) in [6.45, 7) is 0. The van der Waals surface area contributed by atoms with Gasteiger partial charge < -0.3 is 4.90 Å². The van der Waals surface area contributed by atoms with Gasteiger partial charge in [0.25, 0.3) is 0 Å². The summed E-state index contributed by atoms with van der Waals surface area (Å²) in [6, 6.07) is 16.0. The number of hydrogen-bond acceptors (Lipinski definition) is 2. The highest BCUT2D eigenvalue weighted by atomic mass is 32.2. The number of benzene rings is 2. The zero-order valence-corrected chi connectivity index (χ0v) is 12.3. The number of nitrogens with zero attached hydrogens (tertiary/aromatic N) is 1. The van der Waals surface area contributed by atoms with Crippen LogP contribution >= 0.6 is 11.8 Å². The molecule has 4 heteroatoms. The normalized spacial score (nSPS) is 11.4. The molecule has 0 atom stereocenters. The molecule has 106 valence electrons. The number of thioether (sulfide) groups is 1. The first-order chi connectivity index (χ1) is 9.46. The predicted octanol–water partition coefficient (Wildman–Crippen LogP) is 4.68. The molecule has 0 aromatic heterocycles. The summed E-state index contributed by atoms with van der Waals surface area (Å²) in [5, 5.41) is -2.80. The third kappa shape index (κ3) is 4.23. The summed E-state index contributed by atoms with van der Waals surface area (Å²) in [5.74, 6) is 0. The molecular formula is C16H17F2NS. The Bertz CT molecular complexity index is 538. The highest BCUT2D eigenvalue weighted by Crippen LogP contribution is 2.38. The summed E-state index contributed by atoms with van der Waals surface area (Å²) in [7, 11) is 3.85. The predicted molar refractivity (Wildman–Crippen MR) is 81.7 cm³/mol. The van der Waals surface area contributed by atoms with Gasteiger partial charge in [-0.1, -0.05) is 42.1 Å². The Morgan fingerprint density at radius 1 is 0.950 bits per heavy atom. The van der Waals surface area contributed by atoms with E-state index in [4.69, 9.17) is 0 Å². The number of alkyl halides is 2. The molecule has 0 unspecified atom stereocenters. The summed E-state index contributed by atoms with van der Waals surface area (Å²) in [6.07, 6.45) is -0.264. The molecule has 20 heavy (non-hydrogen) atoms. The Balaban J connectivity index is 2.04. The van der Waals surface area contributed by atoms with E-state index >= 15 is 0 Å². The maximum absolute atomic E-state index is 14.0. The van der Waals surface area contributed by atoms with Gasteiger partial charge in [0.2, 0.25) is 0 Å². The maximum Gasteiger partial charge on any atom is 0.302 e. The van der Waals surface area contributed by atoms with Crippen molar-refractivity contribution in [3.8, 4) is 0 Å². The monoisotopic (exact) mass is 293 g/mol. The zero-order valence-electron chi connectivity index (χ0n) is 11.5. The van der Waals surface area contributed by atoms with E-state index in [9.17, 15) is 8.78 Å². The van der Waals surface area contributed by atoms with E-state index in [2.05, 4.69) is 0 Å². The van der Waals surface area contributed by atoms with Crippen molar-refractivity contribution in [2.75, 3.05) is 19.0 Å². The summed E-state index contributed by atoms with van der Waals surface area (Å²) in [5.41, 5.74) is 1.65. The fourth-order valence-electron chi connectivity index (χ4n) is 1.85. The molecule has 1 nitrogen and oxygen atoms in total. The van der Waals surface area contributed by atoms with E-state index in [1.165, 1.54) is 0 Å². The van der Waals surface area contributed by atoms with E-state index < -0.39 is 5.25 Å². The van der Waals surface area contributed by atoms with Crippen molar-refractivity contribution < 1.29 is 8.78 Å². The van der Waals surface area contributed by atoms with E-state index in [1.54, 1.807) is 36.4 Å². The largest absolute Gasteiger partial charge is 0.378 e. The van der Waals surface area contributed by atoms with Crippen molar-refractivity contribution in [2.45, 2.75) is 16.6 Å². The Morgan fingerprint density at radius 3 is 2.10 bits per heavy atom. The van der Waals surface area contributed by atoms with Crippen molar-refractivity contribution in [3.05, 3.63) is 60.2 Å². The molecule has 0 spiro atoms. The van der Waals surface area contributed by atoms with Crippen molar-refractivity contribution in [3.63, 3.8) is 0 Å². The van der Waals surface area contributed by atoms with Crippen LogP contribution in [0.4, 0.5) is 14.5 Å². The lowest BCUT2D eigenvalue weighted by Gasteiger charge is -2.17. The van der Waals surface area contributed by atoms with E-state index in [0.717, 1.165) is 5.69 Å². The Labute approximate surface area is 122 Å². The first-order valence-corrected chi connectivity index (χ1v) is 7.16. The average Bonchev–Trinajstić information content (AvgIpc) is 2.39. The van der Waals surface area contributed by atoms with Gasteiger partial charge in [-0.15, -0.1) is 0 Å². The first-order valence-electron chi connectivity index (χ1n) is 6.34. The van der Waals surface area contributed by atoms with Gasteiger partial charge in [-0.2, -0.15) is 8.78 Å². The van der Waals surface area contributed by atoms with Gasteiger partial charge in [0.15, 0.2) is 0 Å². The van der Waals surface area contributed by atoms with Crippen LogP contribution in [0.3, 0.4) is 0 Å². The highest BCUT2D eigenvalue weighted by Gasteiger charge is 2.30. The standard InChI is InChI=1S/C16H17F2NS/c1-19(2)14-10-8-13(9-11-14)12-16(17,18)20-15-6-4-3-5-7-15/h3-11H,12H2,1-2H3. The number of anilines is 1. The maximum atomic E-state index is 14.0. The van der Waals surface area contributed by atoms with Gasteiger partial charge in [0.05, 0.1) is 0 Å². The van der Waals surface area contributed by atoms with Crippen molar-refractivity contribution in [1.82, 2.24) is 0 Å². The van der Waals surface area contributed by atoms with Crippen LogP contribution in [-0.2, 0) is 6.42 Å². The van der Waals surface area contributed by atoms with Gasteiger partial charge in [0, 0.05) is 31.1 Å². The molecule has 0 saturated heterocycles. The molecule has 0 aliphatic rings. The molecule has 2 rings (SSSR count).